The standard InChI is InChI=1S/C16H12O6/c1-9(17)10-6-4-7-12(16(20)21)14(10)22-13-8-3-2-5-11(13)15(18)19/h2-8H,1H3,(H,18,19)(H,20,21). The second kappa shape index (κ2) is 6.09. The van der Waals surface area contributed by atoms with Crippen LogP contribution < -0.4 is 4.74 Å². The zero-order chi connectivity index (χ0) is 16.3. The van der Waals surface area contributed by atoms with E-state index in [-0.39, 0.29) is 34.0 Å². The molecule has 0 unspecified atom stereocenters. The van der Waals surface area contributed by atoms with Gasteiger partial charge in [-0.1, -0.05) is 18.2 Å². The first-order valence-corrected chi connectivity index (χ1v) is 6.29. The summed E-state index contributed by atoms with van der Waals surface area (Å²) in [6.45, 7) is 1.27. The minimum absolute atomic E-state index is 0.0359. The van der Waals surface area contributed by atoms with E-state index in [1.54, 1.807) is 6.07 Å². The van der Waals surface area contributed by atoms with E-state index in [1.807, 2.05) is 0 Å². The third kappa shape index (κ3) is 2.95. The van der Waals surface area contributed by atoms with Crippen LogP contribution >= 0.6 is 0 Å². The molecule has 0 atom stereocenters. The van der Waals surface area contributed by atoms with E-state index < -0.39 is 11.9 Å². The summed E-state index contributed by atoms with van der Waals surface area (Å²) in [6.07, 6.45) is 0. The summed E-state index contributed by atoms with van der Waals surface area (Å²) in [7, 11) is 0. The lowest BCUT2D eigenvalue weighted by atomic mass is 10.1. The molecule has 2 N–H and O–H groups in total. The predicted molar refractivity (Wildman–Crippen MR) is 76.9 cm³/mol. The first-order valence-electron chi connectivity index (χ1n) is 6.29. The molecule has 2 aromatic rings. The van der Waals surface area contributed by atoms with Crippen molar-refractivity contribution in [1.82, 2.24) is 0 Å². The summed E-state index contributed by atoms with van der Waals surface area (Å²) >= 11 is 0. The van der Waals surface area contributed by atoms with Crippen LogP contribution in [0.3, 0.4) is 0 Å². The molecule has 6 nitrogen and oxygen atoms in total. The number of carbonyl (C=O) groups is 3. The van der Waals surface area contributed by atoms with Crippen molar-refractivity contribution in [1.29, 1.82) is 0 Å². The monoisotopic (exact) mass is 300 g/mol. The Morgan fingerprint density at radius 3 is 1.95 bits per heavy atom. The maximum atomic E-state index is 11.7. The number of carboxylic acid groups (broad SMARTS) is 2. The number of hydrogen-bond donors (Lipinski definition) is 2. The first-order chi connectivity index (χ1) is 10.4. The Kier molecular flexibility index (Phi) is 4.22. The topological polar surface area (TPSA) is 101 Å². The van der Waals surface area contributed by atoms with Gasteiger partial charge in [0.05, 0.1) is 5.56 Å². The molecular formula is C16H12O6. The quantitative estimate of drug-likeness (QED) is 0.823. The van der Waals surface area contributed by atoms with Gasteiger partial charge >= 0.3 is 11.9 Å². The molecule has 0 aliphatic carbocycles. The molecule has 0 saturated carbocycles. The normalized spacial score (nSPS) is 10.0. The van der Waals surface area contributed by atoms with Crippen molar-refractivity contribution in [3.8, 4) is 11.5 Å². The van der Waals surface area contributed by atoms with Gasteiger partial charge in [-0.3, -0.25) is 4.79 Å². The van der Waals surface area contributed by atoms with E-state index in [2.05, 4.69) is 0 Å². The summed E-state index contributed by atoms with van der Waals surface area (Å²) in [5, 5.41) is 18.4. The lowest BCUT2D eigenvalue weighted by molar-refractivity contribution is 0.0687. The van der Waals surface area contributed by atoms with Crippen LogP contribution in [0.25, 0.3) is 0 Å². The molecule has 0 radical (unpaired) electrons. The molecule has 0 aromatic heterocycles. The smallest absolute Gasteiger partial charge is 0.339 e. The van der Waals surface area contributed by atoms with Crippen molar-refractivity contribution in [3.63, 3.8) is 0 Å². The van der Waals surface area contributed by atoms with Gasteiger partial charge in [-0.15, -0.1) is 0 Å². The number of carboxylic acids is 2. The molecular weight excluding hydrogens is 288 g/mol. The van der Waals surface area contributed by atoms with Crippen LogP contribution in [0.1, 0.15) is 38.0 Å². The Bertz CT molecular complexity index is 731. The van der Waals surface area contributed by atoms with E-state index in [0.29, 0.717) is 0 Å². The molecule has 0 spiro atoms. The van der Waals surface area contributed by atoms with E-state index >= 15 is 0 Å². The van der Waals surface area contributed by atoms with Crippen LogP contribution in [0.2, 0.25) is 0 Å². The molecule has 2 aromatic carbocycles. The van der Waals surface area contributed by atoms with Gasteiger partial charge in [0.15, 0.2) is 11.5 Å². The molecule has 2 rings (SSSR count). The third-order valence-corrected chi connectivity index (χ3v) is 2.95. The number of carbonyl (C=O) groups excluding carboxylic acids is 1. The van der Waals surface area contributed by atoms with Crippen molar-refractivity contribution in [2.75, 3.05) is 0 Å². The Morgan fingerprint density at radius 2 is 1.36 bits per heavy atom. The van der Waals surface area contributed by atoms with E-state index in [4.69, 9.17) is 9.84 Å². The molecule has 6 heteroatoms. The average molecular weight is 300 g/mol. The van der Waals surface area contributed by atoms with Crippen molar-refractivity contribution in [2.24, 2.45) is 0 Å². The zero-order valence-corrected chi connectivity index (χ0v) is 11.6. The fourth-order valence-electron chi connectivity index (χ4n) is 1.93. The maximum absolute atomic E-state index is 11.7. The summed E-state index contributed by atoms with van der Waals surface area (Å²) in [5.74, 6) is -3.08. The van der Waals surface area contributed by atoms with E-state index in [1.165, 1.54) is 43.3 Å². The highest BCUT2D eigenvalue weighted by atomic mass is 16.5. The molecule has 0 bridgehead atoms. The van der Waals surface area contributed by atoms with Gasteiger partial charge in [0.2, 0.25) is 0 Å². The number of rotatable bonds is 5. The highest BCUT2D eigenvalue weighted by molar-refractivity contribution is 6.02. The summed E-state index contributed by atoms with van der Waals surface area (Å²) in [5.41, 5.74) is -0.273. The molecule has 0 amide bonds. The predicted octanol–water partition coefficient (Wildman–Crippen LogP) is 3.08. The number of Topliss-reactive ketones (excluding diaryl/α,β-unsaturated/α-hetero) is 1. The Balaban J connectivity index is 2.61. The number of ether oxygens (including phenoxy) is 1. The third-order valence-electron chi connectivity index (χ3n) is 2.95. The van der Waals surface area contributed by atoms with E-state index in [0.717, 1.165) is 0 Å². The first kappa shape index (κ1) is 15.2. The highest BCUT2D eigenvalue weighted by Gasteiger charge is 2.20. The average Bonchev–Trinajstić information content (AvgIpc) is 2.47. The Morgan fingerprint density at radius 1 is 0.818 bits per heavy atom. The lowest BCUT2D eigenvalue weighted by Gasteiger charge is -2.13. The molecule has 0 aliphatic heterocycles. The number of benzene rings is 2. The van der Waals surface area contributed by atoms with Crippen LogP contribution in [0, 0.1) is 0 Å². The van der Waals surface area contributed by atoms with Gasteiger partial charge in [-0.2, -0.15) is 0 Å². The van der Waals surface area contributed by atoms with Gasteiger partial charge < -0.3 is 14.9 Å². The van der Waals surface area contributed by atoms with Crippen LogP contribution in [0.15, 0.2) is 42.5 Å². The van der Waals surface area contributed by atoms with Crippen molar-refractivity contribution in [2.45, 2.75) is 6.92 Å². The second-order valence-corrected chi connectivity index (χ2v) is 4.45. The largest absolute Gasteiger partial charge is 0.478 e. The van der Waals surface area contributed by atoms with E-state index in [9.17, 15) is 19.5 Å². The summed E-state index contributed by atoms with van der Waals surface area (Å²) < 4.78 is 5.47. The number of hydrogen-bond acceptors (Lipinski definition) is 4. The fraction of sp³-hybridized carbons (Fsp3) is 0.0625. The number of ketones is 1. The van der Waals surface area contributed by atoms with Gasteiger partial charge in [0.25, 0.3) is 0 Å². The number of aromatic carboxylic acids is 2. The molecule has 0 aliphatic rings. The highest BCUT2D eigenvalue weighted by Crippen LogP contribution is 2.32. The molecule has 0 saturated heterocycles. The Hall–Kier alpha value is -3.15. The van der Waals surface area contributed by atoms with Crippen molar-refractivity contribution < 1.29 is 29.3 Å². The number of para-hydroxylation sites is 2. The molecule has 112 valence electrons. The van der Waals surface area contributed by atoms with Gasteiger partial charge in [0.1, 0.15) is 16.9 Å². The molecule has 0 fully saturated rings. The lowest BCUT2D eigenvalue weighted by Crippen LogP contribution is -2.07. The van der Waals surface area contributed by atoms with Crippen LogP contribution in [-0.4, -0.2) is 27.9 Å². The zero-order valence-electron chi connectivity index (χ0n) is 11.6. The Labute approximate surface area is 125 Å². The molecule has 22 heavy (non-hydrogen) atoms. The summed E-state index contributed by atoms with van der Waals surface area (Å²) in [6, 6.07) is 9.93. The maximum Gasteiger partial charge on any atom is 0.339 e. The van der Waals surface area contributed by atoms with Gasteiger partial charge in [0, 0.05) is 0 Å². The summed E-state index contributed by atoms with van der Waals surface area (Å²) in [4.78, 5) is 34.1. The second-order valence-electron chi connectivity index (χ2n) is 4.45. The van der Waals surface area contributed by atoms with Crippen molar-refractivity contribution in [3.05, 3.63) is 59.2 Å². The van der Waals surface area contributed by atoms with Crippen molar-refractivity contribution >= 4 is 17.7 Å². The minimum Gasteiger partial charge on any atom is -0.478 e. The van der Waals surface area contributed by atoms with Gasteiger partial charge in [-0.05, 0) is 31.2 Å². The van der Waals surface area contributed by atoms with Gasteiger partial charge in [-0.25, -0.2) is 9.59 Å². The fourth-order valence-corrected chi connectivity index (χ4v) is 1.93. The van der Waals surface area contributed by atoms with Crippen LogP contribution in [0.4, 0.5) is 0 Å². The van der Waals surface area contributed by atoms with Crippen LogP contribution in [-0.2, 0) is 0 Å². The SMILES string of the molecule is CC(=O)c1cccc(C(=O)O)c1Oc1ccccc1C(=O)O. The van der Waals surface area contributed by atoms with Crippen LogP contribution in [0.5, 0.6) is 11.5 Å². The minimum atomic E-state index is -1.27. The molecule has 0 heterocycles.